The maximum atomic E-state index is 12.7. The number of carbonyl (C=O) groups is 3. The number of aliphatic carboxylic acids is 1. The number of ether oxygens (including phenoxy) is 2. The molecule has 2 aromatic rings. The summed E-state index contributed by atoms with van der Waals surface area (Å²) < 4.78 is 10.8. The van der Waals surface area contributed by atoms with Gasteiger partial charge in [-0.15, -0.1) is 0 Å². The van der Waals surface area contributed by atoms with E-state index in [9.17, 15) is 19.5 Å². The van der Waals surface area contributed by atoms with Crippen LogP contribution in [0.25, 0.3) is 11.1 Å². The molecular weight excluding hydrogens is 448 g/mol. The highest BCUT2D eigenvalue weighted by Gasteiger charge is 2.39. The Morgan fingerprint density at radius 3 is 2.34 bits per heavy atom. The molecule has 2 N–H and O–H groups in total. The molecule has 2 aromatic carbocycles. The molecule has 0 aromatic heterocycles. The molecule has 35 heavy (non-hydrogen) atoms. The van der Waals surface area contributed by atoms with Crippen LogP contribution in [0.15, 0.2) is 48.5 Å². The number of carboxylic acid groups (broad SMARTS) is 1. The third-order valence-electron chi connectivity index (χ3n) is 7.06. The molecule has 3 unspecified atom stereocenters. The summed E-state index contributed by atoms with van der Waals surface area (Å²) in [6.45, 7) is 2.82. The van der Waals surface area contributed by atoms with Crippen LogP contribution in [-0.2, 0) is 19.1 Å². The van der Waals surface area contributed by atoms with E-state index in [0.717, 1.165) is 11.1 Å². The van der Waals surface area contributed by atoms with Crippen molar-refractivity contribution in [2.75, 3.05) is 33.4 Å². The van der Waals surface area contributed by atoms with Crippen LogP contribution in [-0.4, -0.2) is 67.4 Å². The van der Waals surface area contributed by atoms with Gasteiger partial charge >= 0.3 is 12.1 Å². The molecule has 0 radical (unpaired) electrons. The van der Waals surface area contributed by atoms with Crippen LogP contribution in [0.3, 0.4) is 0 Å². The van der Waals surface area contributed by atoms with Gasteiger partial charge in [-0.1, -0.05) is 55.5 Å². The molecule has 4 rings (SSSR count). The van der Waals surface area contributed by atoms with E-state index in [1.165, 1.54) is 16.0 Å². The number of carboxylic acids is 1. The second-order valence-electron chi connectivity index (χ2n) is 9.29. The first-order valence-corrected chi connectivity index (χ1v) is 12.0. The summed E-state index contributed by atoms with van der Waals surface area (Å²) >= 11 is 0. The summed E-state index contributed by atoms with van der Waals surface area (Å²) in [5.41, 5.74) is 4.69. The van der Waals surface area contributed by atoms with Crippen molar-refractivity contribution in [3.63, 3.8) is 0 Å². The largest absolute Gasteiger partial charge is 0.481 e. The minimum atomic E-state index is -0.952. The quantitative estimate of drug-likeness (QED) is 0.533. The predicted octanol–water partition coefficient (Wildman–Crippen LogP) is 3.50. The number of carbonyl (C=O) groups excluding carboxylic acids is 2. The molecule has 186 valence electrons. The lowest BCUT2D eigenvalue weighted by Crippen LogP contribution is -2.46. The average molecular weight is 481 g/mol. The van der Waals surface area contributed by atoms with Gasteiger partial charge in [0.05, 0.1) is 19.3 Å². The van der Waals surface area contributed by atoms with Crippen molar-refractivity contribution >= 4 is 18.0 Å². The molecule has 2 amide bonds. The molecule has 1 aliphatic heterocycles. The number of alkyl carbamates (subject to hydrolysis) is 1. The summed E-state index contributed by atoms with van der Waals surface area (Å²) in [6, 6.07) is 15.9. The molecule has 1 heterocycles. The topological polar surface area (TPSA) is 105 Å². The van der Waals surface area contributed by atoms with Crippen molar-refractivity contribution < 1.29 is 29.0 Å². The van der Waals surface area contributed by atoms with Crippen molar-refractivity contribution in [1.82, 2.24) is 10.2 Å². The first kappa shape index (κ1) is 24.7. The van der Waals surface area contributed by atoms with E-state index in [2.05, 4.69) is 29.6 Å². The van der Waals surface area contributed by atoms with Gasteiger partial charge in [-0.2, -0.15) is 0 Å². The monoisotopic (exact) mass is 480 g/mol. The second-order valence-corrected chi connectivity index (χ2v) is 9.29. The Hall–Kier alpha value is -3.39. The number of benzene rings is 2. The Balaban J connectivity index is 1.20. The Labute approximate surface area is 205 Å². The van der Waals surface area contributed by atoms with Crippen LogP contribution in [0, 0.1) is 11.8 Å². The Morgan fingerprint density at radius 2 is 1.71 bits per heavy atom. The van der Waals surface area contributed by atoms with Crippen molar-refractivity contribution in [3.8, 4) is 11.1 Å². The summed E-state index contributed by atoms with van der Waals surface area (Å²) in [5, 5.41) is 12.1. The lowest BCUT2D eigenvalue weighted by atomic mass is 9.98. The van der Waals surface area contributed by atoms with Gasteiger partial charge in [-0.3, -0.25) is 9.59 Å². The molecular formula is C27H32N2O6. The number of amides is 2. The third-order valence-corrected chi connectivity index (χ3v) is 7.06. The zero-order valence-corrected chi connectivity index (χ0v) is 20.1. The first-order chi connectivity index (χ1) is 16.9. The van der Waals surface area contributed by atoms with E-state index < -0.39 is 24.0 Å². The zero-order chi connectivity index (χ0) is 24.9. The van der Waals surface area contributed by atoms with Gasteiger partial charge in [-0.25, -0.2) is 4.79 Å². The molecule has 1 aliphatic carbocycles. The van der Waals surface area contributed by atoms with Crippen molar-refractivity contribution in [3.05, 3.63) is 59.7 Å². The number of hydrogen-bond donors (Lipinski definition) is 2. The van der Waals surface area contributed by atoms with Crippen LogP contribution in [0.2, 0.25) is 0 Å². The number of hydrogen-bond acceptors (Lipinski definition) is 5. The minimum Gasteiger partial charge on any atom is -0.481 e. The zero-order valence-electron chi connectivity index (χ0n) is 20.1. The van der Waals surface area contributed by atoms with E-state index >= 15 is 0 Å². The van der Waals surface area contributed by atoms with Gasteiger partial charge in [-0.05, 0) is 35.1 Å². The van der Waals surface area contributed by atoms with Crippen LogP contribution >= 0.6 is 0 Å². The standard InChI is InChI=1S/C27H32N2O6/c1-17(25(30)29(2)24-16-34-14-23(24)26(31)32)8-7-13-28-27(33)35-15-22-20-11-5-3-9-18(20)19-10-4-6-12-21(19)22/h3-6,9-12,17,22-24H,7-8,13-16H2,1-2H3,(H,28,33)(H,31,32). The first-order valence-electron chi connectivity index (χ1n) is 12.0. The maximum Gasteiger partial charge on any atom is 0.407 e. The highest BCUT2D eigenvalue weighted by atomic mass is 16.5. The van der Waals surface area contributed by atoms with Gasteiger partial charge < -0.3 is 24.8 Å². The van der Waals surface area contributed by atoms with Gasteiger partial charge in [0.1, 0.15) is 12.5 Å². The Morgan fingerprint density at radius 1 is 1.09 bits per heavy atom. The molecule has 1 fully saturated rings. The van der Waals surface area contributed by atoms with Crippen molar-refractivity contribution in [1.29, 1.82) is 0 Å². The van der Waals surface area contributed by atoms with Crippen molar-refractivity contribution in [2.24, 2.45) is 11.8 Å². The highest BCUT2D eigenvalue weighted by molar-refractivity contribution is 5.80. The van der Waals surface area contributed by atoms with E-state index in [1.54, 1.807) is 7.05 Å². The van der Waals surface area contributed by atoms with E-state index in [-0.39, 0.29) is 37.6 Å². The molecule has 2 aliphatic rings. The molecule has 8 nitrogen and oxygen atoms in total. The SMILES string of the molecule is CC(CCCNC(=O)OCC1c2ccccc2-c2ccccc21)C(=O)N(C)C1COCC1C(=O)O. The van der Waals surface area contributed by atoms with E-state index in [1.807, 2.05) is 31.2 Å². The lowest BCUT2D eigenvalue weighted by Gasteiger charge is -2.28. The Bertz CT molecular complexity index is 1040. The van der Waals surface area contributed by atoms with Crippen LogP contribution in [0.5, 0.6) is 0 Å². The van der Waals surface area contributed by atoms with Crippen LogP contribution in [0.1, 0.15) is 36.8 Å². The average Bonchev–Trinajstić information content (AvgIpc) is 3.48. The van der Waals surface area contributed by atoms with Gasteiger partial charge in [0, 0.05) is 25.4 Å². The van der Waals surface area contributed by atoms with Gasteiger partial charge in [0.25, 0.3) is 0 Å². The molecule has 0 spiro atoms. The molecule has 1 saturated heterocycles. The number of nitrogens with one attached hydrogen (secondary N) is 1. The van der Waals surface area contributed by atoms with Gasteiger partial charge in [0.2, 0.25) is 5.91 Å². The normalized spacial score (nSPS) is 19.5. The summed E-state index contributed by atoms with van der Waals surface area (Å²) in [6.07, 6.45) is 0.697. The number of likely N-dealkylation sites (N-methyl/N-ethyl adjacent to an activating group) is 1. The summed E-state index contributed by atoms with van der Waals surface area (Å²) in [7, 11) is 1.63. The third kappa shape index (κ3) is 5.32. The predicted molar refractivity (Wildman–Crippen MR) is 130 cm³/mol. The Kier molecular flexibility index (Phi) is 7.70. The molecule has 8 heteroatoms. The summed E-state index contributed by atoms with van der Waals surface area (Å²) in [5.74, 6) is -2.05. The van der Waals surface area contributed by atoms with E-state index in [4.69, 9.17) is 9.47 Å². The highest BCUT2D eigenvalue weighted by Crippen LogP contribution is 2.44. The van der Waals surface area contributed by atoms with Crippen LogP contribution < -0.4 is 5.32 Å². The fourth-order valence-corrected chi connectivity index (χ4v) is 5.04. The van der Waals surface area contributed by atoms with Crippen LogP contribution in [0.4, 0.5) is 4.79 Å². The number of fused-ring (bicyclic) bond motifs is 3. The fraction of sp³-hybridized carbons (Fsp3) is 0.444. The molecule has 0 saturated carbocycles. The lowest BCUT2D eigenvalue weighted by molar-refractivity contribution is -0.145. The van der Waals surface area contributed by atoms with E-state index in [0.29, 0.717) is 19.4 Å². The molecule has 3 atom stereocenters. The molecule has 0 bridgehead atoms. The number of rotatable bonds is 9. The maximum absolute atomic E-state index is 12.7. The minimum absolute atomic E-state index is 0.00975. The summed E-state index contributed by atoms with van der Waals surface area (Å²) in [4.78, 5) is 37.9. The fourth-order valence-electron chi connectivity index (χ4n) is 5.04. The smallest absolute Gasteiger partial charge is 0.407 e. The van der Waals surface area contributed by atoms with Gasteiger partial charge in [0.15, 0.2) is 0 Å². The van der Waals surface area contributed by atoms with Crippen molar-refractivity contribution in [2.45, 2.75) is 31.7 Å². The second kappa shape index (κ2) is 10.9. The number of nitrogens with zero attached hydrogens (tertiary/aromatic N) is 1.